The van der Waals surface area contributed by atoms with Crippen LogP contribution in [0.1, 0.15) is 144 Å². The monoisotopic (exact) mass is 353 g/mol. The highest BCUT2D eigenvalue weighted by molar-refractivity contribution is 4.98. The van der Waals surface area contributed by atoms with Gasteiger partial charge in [0.05, 0.1) is 0 Å². The molecule has 0 bridgehead atoms. The third-order valence-electron chi connectivity index (χ3n) is 6.02. The van der Waals surface area contributed by atoms with Gasteiger partial charge in [0.25, 0.3) is 0 Å². The summed E-state index contributed by atoms with van der Waals surface area (Å²) in [5.74, 6) is 0. The summed E-state index contributed by atoms with van der Waals surface area (Å²) in [5.41, 5.74) is 0.773. The Balaban J connectivity index is 5.52. The van der Waals surface area contributed by atoms with Crippen LogP contribution in [0.15, 0.2) is 0 Å². The van der Waals surface area contributed by atoms with E-state index >= 15 is 0 Å². The van der Waals surface area contributed by atoms with E-state index in [4.69, 9.17) is 0 Å². The molecule has 0 aliphatic carbocycles. The second-order valence-electron chi connectivity index (χ2n) is 8.60. The van der Waals surface area contributed by atoms with E-state index < -0.39 is 0 Å². The maximum Gasteiger partial charge on any atom is 0.0186 e. The molecule has 0 rings (SSSR count). The highest BCUT2D eigenvalue weighted by atomic mass is 15.1. The lowest BCUT2D eigenvalue weighted by Crippen LogP contribution is -2.58. The quantitative estimate of drug-likeness (QED) is 0.261. The molecule has 0 saturated carbocycles. The van der Waals surface area contributed by atoms with E-state index in [1.807, 2.05) is 0 Å². The first-order chi connectivity index (χ1) is 12.1. The summed E-state index contributed by atoms with van der Waals surface area (Å²) in [7, 11) is 0. The van der Waals surface area contributed by atoms with Crippen molar-refractivity contribution in [2.45, 2.75) is 155 Å². The molecule has 0 radical (unpaired) electrons. The predicted molar refractivity (Wildman–Crippen MR) is 117 cm³/mol. The molecule has 0 aromatic carbocycles. The maximum atomic E-state index is 4.42. The highest BCUT2D eigenvalue weighted by Gasteiger charge is 2.37. The molecule has 25 heavy (non-hydrogen) atoms. The standard InChI is InChI=1S/C24H51N/c1-7-13-19-23(17-11-5,20-14-8-2)25-24(18-12-6,21-15-9-3)22-16-10-4/h25H,7-22H2,1-6H3. The van der Waals surface area contributed by atoms with E-state index in [1.54, 1.807) is 0 Å². The first kappa shape index (κ1) is 25.0. The molecule has 0 fully saturated rings. The fourth-order valence-corrected chi connectivity index (χ4v) is 4.71. The van der Waals surface area contributed by atoms with Gasteiger partial charge in [-0.2, -0.15) is 0 Å². The van der Waals surface area contributed by atoms with Crippen molar-refractivity contribution in [2.75, 3.05) is 0 Å². The molecule has 0 amide bonds. The van der Waals surface area contributed by atoms with Crippen molar-refractivity contribution in [3.8, 4) is 0 Å². The summed E-state index contributed by atoms with van der Waals surface area (Å²) >= 11 is 0. The van der Waals surface area contributed by atoms with Crippen LogP contribution in [0.4, 0.5) is 0 Å². The molecule has 0 aliphatic heterocycles. The van der Waals surface area contributed by atoms with Crippen molar-refractivity contribution in [2.24, 2.45) is 0 Å². The fourth-order valence-electron chi connectivity index (χ4n) is 4.71. The molecular weight excluding hydrogens is 302 g/mol. The van der Waals surface area contributed by atoms with Crippen LogP contribution in [-0.2, 0) is 0 Å². The van der Waals surface area contributed by atoms with Gasteiger partial charge < -0.3 is 5.32 Å². The molecule has 0 aromatic rings. The zero-order valence-electron chi connectivity index (χ0n) is 18.8. The van der Waals surface area contributed by atoms with Crippen LogP contribution in [-0.4, -0.2) is 11.1 Å². The van der Waals surface area contributed by atoms with Gasteiger partial charge in [-0.15, -0.1) is 0 Å². The van der Waals surface area contributed by atoms with Crippen LogP contribution in [0.25, 0.3) is 0 Å². The normalized spacial score (nSPS) is 12.7. The van der Waals surface area contributed by atoms with Gasteiger partial charge >= 0.3 is 0 Å². The van der Waals surface area contributed by atoms with Gasteiger partial charge in [-0.25, -0.2) is 0 Å². The Morgan fingerprint density at radius 1 is 0.400 bits per heavy atom. The molecule has 0 heterocycles. The minimum atomic E-state index is 0.386. The van der Waals surface area contributed by atoms with E-state index in [1.165, 1.54) is 103 Å². The van der Waals surface area contributed by atoms with Gasteiger partial charge in [0, 0.05) is 11.1 Å². The first-order valence-electron chi connectivity index (χ1n) is 11.9. The predicted octanol–water partition coefficient (Wildman–Crippen LogP) is 8.41. The van der Waals surface area contributed by atoms with Crippen molar-refractivity contribution in [1.29, 1.82) is 0 Å². The lowest BCUT2D eigenvalue weighted by atomic mass is 9.76. The zero-order chi connectivity index (χ0) is 19.0. The van der Waals surface area contributed by atoms with Gasteiger partial charge in [0.15, 0.2) is 0 Å². The fraction of sp³-hybridized carbons (Fsp3) is 1.00. The Bertz CT molecular complexity index is 240. The largest absolute Gasteiger partial charge is 0.306 e. The van der Waals surface area contributed by atoms with Gasteiger partial charge in [-0.1, -0.05) is 106 Å². The van der Waals surface area contributed by atoms with Crippen molar-refractivity contribution < 1.29 is 0 Å². The maximum absolute atomic E-state index is 4.42. The van der Waals surface area contributed by atoms with Crippen LogP contribution in [0.3, 0.4) is 0 Å². The van der Waals surface area contributed by atoms with Gasteiger partial charge in [0.1, 0.15) is 0 Å². The highest BCUT2D eigenvalue weighted by Crippen LogP contribution is 2.35. The van der Waals surface area contributed by atoms with Crippen LogP contribution >= 0.6 is 0 Å². The van der Waals surface area contributed by atoms with Crippen LogP contribution in [0.2, 0.25) is 0 Å². The second-order valence-corrected chi connectivity index (χ2v) is 8.60. The summed E-state index contributed by atoms with van der Waals surface area (Å²) in [6.45, 7) is 14.2. The lowest BCUT2D eigenvalue weighted by molar-refractivity contribution is 0.130. The zero-order valence-corrected chi connectivity index (χ0v) is 18.8. The van der Waals surface area contributed by atoms with Gasteiger partial charge in [-0.05, 0) is 38.5 Å². The Morgan fingerprint density at radius 2 is 0.680 bits per heavy atom. The smallest absolute Gasteiger partial charge is 0.0186 e. The summed E-state index contributed by atoms with van der Waals surface area (Å²) in [4.78, 5) is 0. The van der Waals surface area contributed by atoms with E-state index in [0.29, 0.717) is 11.1 Å². The summed E-state index contributed by atoms with van der Waals surface area (Å²) < 4.78 is 0. The SMILES string of the molecule is CCCCC(CCC)(CCCC)NC(CCC)(CCCC)CCCC. The summed E-state index contributed by atoms with van der Waals surface area (Å²) in [6.07, 6.45) is 21.6. The van der Waals surface area contributed by atoms with Crippen LogP contribution in [0, 0.1) is 0 Å². The number of hydrogen-bond acceptors (Lipinski definition) is 1. The molecule has 0 saturated heterocycles. The molecule has 0 spiro atoms. The minimum absolute atomic E-state index is 0.386. The third kappa shape index (κ3) is 10.0. The third-order valence-corrected chi connectivity index (χ3v) is 6.02. The molecule has 0 atom stereocenters. The Hall–Kier alpha value is -0.0400. The molecule has 0 aliphatic rings. The topological polar surface area (TPSA) is 12.0 Å². The second kappa shape index (κ2) is 15.1. The van der Waals surface area contributed by atoms with E-state index in [2.05, 4.69) is 46.9 Å². The number of unbranched alkanes of at least 4 members (excludes halogenated alkanes) is 4. The van der Waals surface area contributed by atoms with Crippen LogP contribution in [0.5, 0.6) is 0 Å². The average Bonchev–Trinajstić information content (AvgIpc) is 2.61. The molecule has 1 heteroatoms. The minimum Gasteiger partial charge on any atom is -0.306 e. The van der Waals surface area contributed by atoms with Crippen LogP contribution < -0.4 is 5.32 Å². The van der Waals surface area contributed by atoms with Gasteiger partial charge in [0.2, 0.25) is 0 Å². The van der Waals surface area contributed by atoms with Crippen molar-refractivity contribution in [3.63, 3.8) is 0 Å². The van der Waals surface area contributed by atoms with E-state index in [0.717, 1.165) is 0 Å². The van der Waals surface area contributed by atoms with E-state index in [-0.39, 0.29) is 0 Å². The molecule has 0 unspecified atom stereocenters. The molecule has 0 aromatic heterocycles. The van der Waals surface area contributed by atoms with Crippen molar-refractivity contribution >= 4 is 0 Å². The molecule has 1 nitrogen and oxygen atoms in total. The van der Waals surface area contributed by atoms with Gasteiger partial charge in [-0.3, -0.25) is 0 Å². The molecular formula is C24H51N. The first-order valence-corrected chi connectivity index (χ1v) is 11.9. The Kier molecular flexibility index (Phi) is 15.0. The summed E-state index contributed by atoms with van der Waals surface area (Å²) in [5, 5.41) is 4.42. The average molecular weight is 354 g/mol. The lowest BCUT2D eigenvalue weighted by Gasteiger charge is -2.47. The Morgan fingerprint density at radius 3 is 0.880 bits per heavy atom. The molecule has 152 valence electrons. The molecule has 1 N–H and O–H groups in total. The number of nitrogens with one attached hydrogen (secondary N) is 1. The number of rotatable bonds is 18. The van der Waals surface area contributed by atoms with Crippen molar-refractivity contribution in [3.05, 3.63) is 0 Å². The van der Waals surface area contributed by atoms with Crippen molar-refractivity contribution in [1.82, 2.24) is 5.32 Å². The summed E-state index contributed by atoms with van der Waals surface area (Å²) in [6, 6.07) is 0. The van der Waals surface area contributed by atoms with E-state index in [9.17, 15) is 0 Å². The number of hydrogen-bond donors (Lipinski definition) is 1. The Labute approximate surface area is 161 Å².